The lowest BCUT2D eigenvalue weighted by Crippen LogP contribution is -2.59. The highest BCUT2D eigenvalue weighted by Crippen LogP contribution is 2.42. The Hall–Kier alpha value is -13.8. The van der Waals surface area contributed by atoms with Crippen molar-refractivity contribution in [3.05, 3.63) is 144 Å². The normalized spacial score (nSPS) is 23.7. The van der Waals surface area contributed by atoms with Crippen molar-refractivity contribution in [2.45, 2.75) is 181 Å². The second-order valence-electron chi connectivity index (χ2n) is 29.1. The molecule has 7 aromatic rings. The number of carbonyl (C=O) groups is 12. The summed E-state index contributed by atoms with van der Waals surface area (Å²) < 4.78 is 117. The van der Waals surface area contributed by atoms with Gasteiger partial charge in [-0.3, -0.25) is 57.5 Å². The fourth-order valence-corrected chi connectivity index (χ4v) is 15.0. The molecule has 13 rings (SSSR count). The van der Waals surface area contributed by atoms with Gasteiger partial charge in [0.05, 0.1) is 49.2 Å². The predicted molar refractivity (Wildman–Crippen MR) is 429 cm³/mol. The minimum absolute atomic E-state index is 0.193. The summed E-state index contributed by atoms with van der Waals surface area (Å²) in [6.45, 7) is 12.5. The minimum atomic E-state index is -1.43. The van der Waals surface area contributed by atoms with E-state index in [1.54, 1.807) is 97.1 Å². The molecule has 124 heavy (non-hydrogen) atoms. The Morgan fingerprint density at radius 1 is 0.242 bits per heavy atom. The van der Waals surface area contributed by atoms with E-state index >= 15 is 0 Å². The number of hydrogen-bond acceptors (Lipinski definition) is 34. The molecule has 6 aliphatic rings. The van der Waals surface area contributed by atoms with Gasteiger partial charge < -0.3 is 105 Å². The van der Waals surface area contributed by atoms with Crippen molar-refractivity contribution in [3.8, 4) is 67.5 Å². The molecule has 16 atom stereocenters. The first-order valence-corrected chi connectivity index (χ1v) is 39.0. The zero-order valence-corrected chi connectivity index (χ0v) is 68.9. The van der Waals surface area contributed by atoms with Crippen LogP contribution in [0.25, 0.3) is 90.9 Å². The molecule has 4 saturated heterocycles. The van der Waals surface area contributed by atoms with E-state index in [1.165, 1.54) is 0 Å². The second-order valence-corrected chi connectivity index (χ2v) is 29.1. The third kappa shape index (κ3) is 21.2. The minimum Gasteiger partial charge on any atom is -0.461 e. The number of fused-ring (bicyclic) bond motifs is 8. The Bertz CT molecular complexity index is 4840. The first kappa shape index (κ1) is 88.0. The van der Waals surface area contributed by atoms with Crippen LogP contribution in [0.5, 0.6) is 23.0 Å². The van der Waals surface area contributed by atoms with Gasteiger partial charge in [-0.15, -0.1) is 0 Å². The van der Waals surface area contributed by atoms with E-state index < -0.39 is 170 Å². The molecule has 4 aromatic carbocycles. The van der Waals surface area contributed by atoms with Crippen molar-refractivity contribution in [3.63, 3.8) is 0 Å². The van der Waals surface area contributed by atoms with E-state index in [0.717, 1.165) is 83.1 Å². The van der Waals surface area contributed by atoms with Crippen LogP contribution in [0.15, 0.2) is 121 Å². The molecule has 0 aliphatic carbocycles. The van der Waals surface area contributed by atoms with Crippen LogP contribution in [0.2, 0.25) is 0 Å². The monoisotopic (exact) mass is 1710 g/mol. The molecular formula is C88H86N4O32. The number of nitrogens with zero attached hydrogens (tertiary/aromatic N) is 2. The van der Waals surface area contributed by atoms with Gasteiger partial charge in [0.25, 0.3) is 0 Å². The van der Waals surface area contributed by atoms with Crippen molar-refractivity contribution in [1.82, 2.24) is 19.9 Å². The lowest BCUT2D eigenvalue weighted by molar-refractivity contribution is -0.259. The lowest BCUT2D eigenvalue weighted by Gasteiger charge is -2.40. The fraction of sp³-hybridized carbons (Fsp3) is 0.364. The summed E-state index contributed by atoms with van der Waals surface area (Å²) in [4.78, 5) is 168. The van der Waals surface area contributed by atoms with Crippen LogP contribution in [0.1, 0.15) is 106 Å². The average Bonchev–Trinajstić information content (AvgIpc) is 1.62. The van der Waals surface area contributed by atoms with Crippen LogP contribution < -0.4 is 18.9 Å². The Balaban J connectivity index is 0.982. The first-order chi connectivity index (χ1) is 59.3. The first-order valence-electron chi connectivity index (χ1n) is 39.0. The number of hydrogen-bond donors (Lipinski definition) is 2. The van der Waals surface area contributed by atoms with Crippen molar-refractivity contribution >= 4 is 118 Å². The van der Waals surface area contributed by atoms with Gasteiger partial charge in [0, 0.05) is 127 Å². The molecule has 9 heterocycles. The van der Waals surface area contributed by atoms with Crippen LogP contribution >= 0.6 is 0 Å². The number of aromatic nitrogens is 4. The van der Waals surface area contributed by atoms with Gasteiger partial charge in [-0.05, 0) is 119 Å². The molecule has 0 amide bonds. The number of carbonyl (C=O) groups excluding carboxylic acids is 12. The summed E-state index contributed by atoms with van der Waals surface area (Å²) in [6, 6.07) is 34.5. The van der Waals surface area contributed by atoms with Crippen molar-refractivity contribution in [2.24, 2.45) is 0 Å². The van der Waals surface area contributed by atoms with E-state index in [1.807, 2.05) is 48.6 Å². The molecule has 0 radical (unpaired) electrons. The Labute approximate surface area is 706 Å². The summed E-state index contributed by atoms with van der Waals surface area (Å²) in [5.41, 5.74) is 8.07. The number of ether oxygens (including phenoxy) is 20. The third-order valence-corrected chi connectivity index (χ3v) is 19.6. The molecule has 0 spiro atoms. The molecule has 36 nitrogen and oxygen atoms in total. The number of benzene rings is 4. The number of nitrogens with one attached hydrogen (secondary N) is 2. The topological polar surface area (TPSA) is 447 Å². The molecule has 36 heteroatoms. The Kier molecular flexibility index (Phi) is 27.3. The van der Waals surface area contributed by atoms with Crippen LogP contribution in [-0.2, 0) is 133 Å². The summed E-state index contributed by atoms with van der Waals surface area (Å²) in [5, 5.41) is 0. The Morgan fingerprint density at radius 2 is 0.411 bits per heavy atom. The highest BCUT2D eigenvalue weighted by Gasteiger charge is 2.53. The summed E-state index contributed by atoms with van der Waals surface area (Å²) in [6.07, 6.45) is -14.1. The van der Waals surface area contributed by atoms with Crippen LogP contribution in [0, 0.1) is 0 Å². The molecule has 6 aliphatic heterocycles. The van der Waals surface area contributed by atoms with Gasteiger partial charge in [-0.2, -0.15) is 0 Å². The summed E-state index contributed by atoms with van der Waals surface area (Å²) in [5.74, 6) is -8.24. The largest absolute Gasteiger partial charge is 0.461 e. The molecule has 4 fully saturated rings. The molecule has 2 N–H and O–H groups in total. The number of H-pyrrole nitrogens is 2. The van der Waals surface area contributed by atoms with Crippen LogP contribution in [0.3, 0.4) is 0 Å². The second kappa shape index (κ2) is 38.5. The SMILES string of the molecule is CC(=O)O[C@@H]1[C@@H](OC(C)=O)[C@H](Oc2ccc(-c3c4nc(c(-c5ccc(O[C@@H]6OC[C@@H](OC(C)=O)[C@H](OC(C)=O)[C@H]6OC(C)=O)cc5)c5ccc([nH]5)c(-c5ccc(O[C@@H]6OC[C@@H](OC(C)=O)[C@H](OC(C)=O)[C@H]6OC(C)=O)cc5)c5nc(c(-c6ccc(O[C@@H]7OC[C@@H](OC(C)=O)[C@H](OC(C)=O)[C@H]7OC(C)=O)cc6)c6ccc3[nH]6)C=C5)C=C4)cc2)OC[C@H]1OC(C)=O. The molecule has 650 valence electrons. The average molecular weight is 1710 g/mol. The van der Waals surface area contributed by atoms with E-state index in [-0.39, 0.29) is 49.4 Å². The van der Waals surface area contributed by atoms with E-state index in [9.17, 15) is 57.5 Å². The maximum atomic E-state index is 12.7. The van der Waals surface area contributed by atoms with Crippen LogP contribution in [-0.4, -0.2) is 216 Å². The van der Waals surface area contributed by atoms with Crippen LogP contribution in [0.4, 0.5) is 0 Å². The number of esters is 12. The van der Waals surface area contributed by atoms with Gasteiger partial charge in [0.1, 0.15) is 23.0 Å². The Morgan fingerprint density at radius 3 is 0.581 bits per heavy atom. The van der Waals surface area contributed by atoms with E-state index in [2.05, 4.69) is 9.97 Å². The van der Waals surface area contributed by atoms with E-state index in [0.29, 0.717) is 89.4 Å². The zero-order chi connectivity index (χ0) is 88.5. The van der Waals surface area contributed by atoms with Gasteiger partial charge in [-0.25, -0.2) is 9.97 Å². The summed E-state index contributed by atoms with van der Waals surface area (Å²) >= 11 is 0. The van der Waals surface area contributed by atoms with Crippen molar-refractivity contribution in [1.29, 1.82) is 0 Å². The highest BCUT2D eigenvalue weighted by atomic mass is 16.8. The maximum Gasteiger partial charge on any atom is 0.303 e. The molecular weight excluding hydrogens is 1620 g/mol. The van der Waals surface area contributed by atoms with Gasteiger partial charge in [0.2, 0.25) is 49.6 Å². The number of aromatic amines is 2. The molecule has 8 bridgehead atoms. The smallest absolute Gasteiger partial charge is 0.303 e. The summed E-state index contributed by atoms with van der Waals surface area (Å²) in [7, 11) is 0. The molecule has 0 unspecified atom stereocenters. The van der Waals surface area contributed by atoms with E-state index in [4.69, 9.17) is 105 Å². The van der Waals surface area contributed by atoms with Crippen molar-refractivity contribution < 1.29 is 152 Å². The predicted octanol–water partition coefficient (Wildman–Crippen LogP) is 9.44. The lowest BCUT2D eigenvalue weighted by atomic mass is 10.0. The zero-order valence-electron chi connectivity index (χ0n) is 68.9. The standard InChI is InChI=1S/C88H86N4O32/c1-41(93)109-69-37-105-85(81(117-49(9)101)77(69)113-45(5)97)121-57-21-13-53(14-22-57)73-61-29-31-63(89-61)74(54-15-23-58(24-16-54)122-86-82(118-50(10)102)78(114-46(6)98)70(38-106-86)110-42(2)94)65-33-35-67(91-65)76(56-19-27-60(28-20-56)124-88-84(120-52(12)104)80(116-48(8)100)72(40-108-88)112-44(4)96)68-36-34-66(92-68)75(64-32-30-62(73)90-64)55-17-25-59(26-18-55)123-87-83(119-51(11)103)79(115-47(7)99)71(39-107-87)111-43(3)95/h13-36,69-72,77-89,92H,37-40H2,1-12H3/t69-,70-,71-,72-,77+,78+,79+,80+,81-,82-,83-,84-,85+,86+,87+,88+/m1/s1. The van der Waals surface area contributed by atoms with Gasteiger partial charge in [0.15, 0.2) is 48.8 Å². The highest BCUT2D eigenvalue weighted by molar-refractivity contribution is 6.00. The maximum absolute atomic E-state index is 12.7. The third-order valence-electron chi connectivity index (χ3n) is 19.6. The molecule has 3 aromatic heterocycles. The quantitative estimate of drug-likeness (QED) is 0.0420. The molecule has 0 saturated carbocycles. The van der Waals surface area contributed by atoms with Gasteiger partial charge >= 0.3 is 71.6 Å². The number of rotatable bonds is 24. The van der Waals surface area contributed by atoms with Gasteiger partial charge in [-0.1, -0.05) is 48.5 Å². The van der Waals surface area contributed by atoms with Crippen molar-refractivity contribution in [2.75, 3.05) is 26.4 Å². The fourth-order valence-electron chi connectivity index (χ4n) is 15.0.